The van der Waals surface area contributed by atoms with E-state index in [0.29, 0.717) is 40.4 Å². The van der Waals surface area contributed by atoms with Gasteiger partial charge in [0.05, 0.1) is 4.90 Å². The van der Waals surface area contributed by atoms with Crippen LogP contribution in [0.25, 0.3) is 0 Å². The molecule has 0 unspecified atom stereocenters. The Morgan fingerprint density at radius 2 is 1.89 bits per heavy atom. The molecule has 2 heterocycles. The Bertz CT molecular complexity index is 591. The molecule has 0 aliphatic carbocycles. The Morgan fingerprint density at radius 1 is 1.26 bits per heavy atom. The summed E-state index contributed by atoms with van der Waals surface area (Å²) in [7, 11) is -3.38. The lowest BCUT2D eigenvalue weighted by molar-refractivity contribution is 0.447. The Labute approximate surface area is 118 Å². The van der Waals surface area contributed by atoms with Gasteiger partial charge in [0.2, 0.25) is 10.0 Å². The van der Waals surface area contributed by atoms with E-state index >= 15 is 0 Å². The van der Waals surface area contributed by atoms with E-state index < -0.39 is 10.0 Å². The number of hydrogen-bond donors (Lipinski definition) is 1. The molecule has 3 rings (SSSR count). The molecule has 0 saturated carbocycles. The number of halogens is 1. The first-order chi connectivity index (χ1) is 8.98. The second kappa shape index (κ2) is 4.74. The van der Waals surface area contributed by atoms with Gasteiger partial charge in [0, 0.05) is 18.1 Å². The monoisotopic (exact) mass is 300 g/mol. The van der Waals surface area contributed by atoms with Gasteiger partial charge < -0.3 is 5.32 Å². The van der Waals surface area contributed by atoms with Crippen molar-refractivity contribution in [1.29, 1.82) is 0 Å². The molecule has 0 radical (unpaired) electrons. The van der Waals surface area contributed by atoms with Gasteiger partial charge in [-0.1, -0.05) is 11.6 Å². The summed E-state index contributed by atoms with van der Waals surface area (Å²) in [5, 5.41) is 3.88. The molecular formula is C13H17ClN2O2S. The first-order valence-corrected chi connectivity index (χ1v) is 8.27. The van der Waals surface area contributed by atoms with Crippen LogP contribution in [-0.4, -0.2) is 38.9 Å². The molecule has 0 amide bonds. The van der Waals surface area contributed by atoms with Crippen molar-refractivity contribution in [2.75, 3.05) is 26.2 Å². The second-order valence-electron chi connectivity index (χ2n) is 5.41. The van der Waals surface area contributed by atoms with E-state index in [9.17, 15) is 8.42 Å². The highest BCUT2D eigenvalue weighted by Gasteiger charge is 2.41. The van der Waals surface area contributed by atoms with Crippen LogP contribution in [0.1, 0.15) is 5.56 Å². The number of sulfonamides is 1. The highest BCUT2D eigenvalue weighted by molar-refractivity contribution is 7.89. The molecule has 1 aromatic carbocycles. The van der Waals surface area contributed by atoms with Crippen LogP contribution in [0.15, 0.2) is 23.1 Å². The predicted molar refractivity (Wildman–Crippen MR) is 74.8 cm³/mol. The van der Waals surface area contributed by atoms with Crippen LogP contribution in [0.2, 0.25) is 5.02 Å². The van der Waals surface area contributed by atoms with Gasteiger partial charge in [-0.2, -0.15) is 4.31 Å². The molecule has 0 spiro atoms. The molecule has 19 heavy (non-hydrogen) atoms. The fraction of sp³-hybridized carbons (Fsp3) is 0.538. The van der Waals surface area contributed by atoms with E-state index in [1.165, 1.54) is 0 Å². The Kier molecular flexibility index (Phi) is 3.33. The van der Waals surface area contributed by atoms with Crippen molar-refractivity contribution in [3.8, 4) is 0 Å². The van der Waals surface area contributed by atoms with Gasteiger partial charge in [-0.05, 0) is 55.6 Å². The minimum Gasteiger partial charge on any atom is -0.316 e. The first-order valence-electron chi connectivity index (χ1n) is 6.45. The topological polar surface area (TPSA) is 49.4 Å². The van der Waals surface area contributed by atoms with Crippen LogP contribution in [0.3, 0.4) is 0 Å². The fourth-order valence-corrected chi connectivity index (χ4v) is 5.04. The molecule has 2 aliphatic heterocycles. The molecule has 1 N–H and O–H groups in total. The second-order valence-corrected chi connectivity index (χ2v) is 7.75. The third kappa shape index (κ3) is 2.29. The highest BCUT2D eigenvalue weighted by atomic mass is 35.5. The van der Waals surface area contributed by atoms with Crippen molar-refractivity contribution in [3.05, 3.63) is 28.8 Å². The minimum atomic E-state index is -3.38. The van der Waals surface area contributed by atoms with Crippen LogP contribution in [0, 0.1) is 18.8 Å². The molecule has 0 bridgehead atoms. The molecule has 104 valence electrons. The van der Waals surface area contributed by atoms with Crippen molar-refractivity contribution in [1.82, 2.24) is 9.62 Å². The van der Waals surface area contributed by atoms with Gasteiger partial charge in [0.15, 0.2) is 0 Å². The molecule has 2 saturated heterocycles. The molecule has 4 nitrogen and oxygen atoms in total. The summed E-state index contributed by atoms with van der Waals surface area (Å²) in [6.07, 6.45) is 0. The summed E-state index contributed by atoms with van der Waals surface area (Å²) < 4.78 is 26.9. The van der Waals surface area contributed by atoms with Crippen LogP contribution < -0.4 is 5.32 Å². The van der Waals surface area contributed by atoms with Crippen molar-refractivity contribution >= 4 is 21.6 Å². The van der Waals surface area contributed by atoms with Gasteiger partial charge in [0.1, 0.15) is 0 Å². The summed E-state index contributed by atoms with van der Waals surface area (Å²) in [5.41, 5.74) is 0.711. The summed E-state index contributed by atoms with van der Waals surface area (Å²) in [6, 6.07) is 4.95. The number of rotatable bonds is 2. The number of fused-ring (bicyclic) bond motifs is 1. The number of aryl methyl sites for hydroxylation is 1. The summed E-state index contributed by atoms with van der Waals surface area (Å²) in [5.74, 6) is 0.921. The van der Waals surface area contributed by atoms with Gasteiger partial charge in [-0.25, -0.2) is 8.42 Å². The van der Waals surface area contributed by atoms with Crippen molar-refractivity contribution < 1.29 is 8.42 Å². The van der Waals surface area contributed by atoms with E-state index in [1.807, 2.05) is 0 Å². The average molecular weight is 301 g/mol. The zero-order valence-electron chi connectivity index (χ0n) is 10.8. The van der Waals surface area contributed by atoms with Crippen molar-refractivity contribution in [2.45, 2.75) is 11.8 Å². The molecular weight excluding hydrogens is 284 g/mol. The lowest BCUT2D eigenvalue weighted by Crippen LogP contribution is -2.32. The standard InChI is InChI=1S/C13H17ClN2O2S/c1-9-4-12(14)2-3-13(9)19(17,18)16-7-10-5-15-6-11(10)8-16/h2-4,10-11,15H,5-8H2,1H3/t10-,11+. The zero-order valence-corrected chi connectivity index (χ0v) is 12.3. The lowest BCUT2D eigenvalue weighted by atomic mass is 10.0. The van der Waals surface area contributed by atoms with E-state index in [2.05, 4.69) is 5.32 Å². The number of nitrogens with zero attached hydrogens (tertiary/aromatic N) is 1. The third-order valence-electron chi connectivity index (χ3n) is 4.11. The maximum Gasteiger partial charge on any atom is 0.243 e. The number of hydrogen-bond acceptors (Lipinski definition) is 3. The Hall–Kier alpha value is -0.620. The van der Waals surface area contributed by atoms with Gasteiger partial charge in [0.25, 0.3) is 0 Å². The quantitative estimate of drug-likeness (QED) is 0.900. The number of nitrogens with one attached hydrogen (secondary N) is 1. The van der Waals surface area contributed by atoms with Gasteiger partial charge >= 0.3 is 0 Å². The lowest BCUT2D eigenvalue weighted by Gasteiger charge is -2.18. The summed E-state index contributed by atoms with van der Waals surface area (Å²) in [4.78, 5) is 0.379. The summed E-state index contributed by atoms with van der Waals surface area (Å²) in [6.45, 7) is 4.90. The fourth-order valence-electron chi connectivity index (χ4n) is 3.05. The van der Waals surface area contributed by atoms with E-state index in [1.54, 1.807) is 29.4 Å². The van der Waals surface area contributed by atoms with Crippen LogP contribution in [0.5, 0.6) is 0 Å². The SMILES string of the molecule is Cc1cc(Cl)ccc1S(=O)(=O)N1C[C@H]2CNC[C@H]2C1. The Balaban J connectivity index is 1.91. The molecule has 2 atom stereocenters. The van der Waals surface area contributed by atoms with Crippen LogP contribution in [-0.2, 0) is 10.0 Å². The van der Waals surface area contributed by atoms with Gasteiger partial charge in [-0.15, -0.1) is 0 Å². The number of benzene rings is 1. The minimum absolute atomic E-state index is 0.379. The predicted octanol–water partition coefficient (Wildman–Crippen LogP) is 1.49. The van der Waals surface area contributed by atoms with Crippen molar-refractivity contribution in [3.63, 3.8) is 0 Å². The average Bonchev–Trinajstić information content (AvgIpc) is 2.87. The molecule has 2 aliphatic rings. The molecule has 1 aromatic rings. The van der Waals surface area contributed by atoms with Crippen LogP contribution >= 0.6 is 11.6 Å². The maximum absolute atomic E-state index is 12.7. The van der Waals surface area contributed by atoms with E-state index in [0.717, 1.165) is 13.1 Å². The summed E-state index contributed by atoms with van der Waals surface area (Å²) >= 11 is 5.89. The largest absolute Gasteiger partial charge is 0.316 e. The zero-order chi connectivity index (χ0) is 13.6. The van der Waals surface area contributed by atoms with E-state index in [4.69, 9.17) is 11.6 Å². The molecule has 6 heteroatoms. The molecule has 2 fully saturated rings. The first kappa shape index (κ1) is 13.4. The third-order valence-corrected chi connectivity index (χ3v) is 6.34. The van der Waals surface area contributed by atoms with Crippen molar-refractivity contribution in [2.24, 2.45) is 11.8 Å². The normalized spacial score (nSPS) is 27.7. The van der Waals surface area contributed by atoms with E-state index in [-0.39, 0.29) is 0 Å². The van der Waals surface area contributed by atoms with Gasteiger partial charge in [-0.3, -0.25) is 0 Å². The smallest absolute Gasteiger partial charge is 0.243 e. The van der Waals surface area contributed by atoms with Crippen LogP contribution in [0.4, 0.5) is 0 Å². The Morgan fingerprint density at radius 3 is 2.47 bits per heavy atom. The molecule has 0 aromatic heterocycles. The highest BCUT2D eigenvalue weighted by Crippen LogP contribution is 2.32. The maximum atomic E-state index is 12.7.